The van der Waals surface area contributed by atoms with Crippen molar-refractivity contribution in [1.82, 2.24) is 0 Å². The van der Waals surface area contributed by atoms with Crippen molar-refractivity contribution in [3.05, 3.63) is 119 Å². The van der Waals surface area contributed by atoms with Crippen LogP contribution in [0.5, 0.6) is 0 Å². The summed E-state index contributed by atoms with van der Waals surface area (Å²) in [5.41, 5.74) is 7.69. The molecule has 0 aliphatic rings. The number of anilines is 1. The lowest BCUT2D eigenvalue weighted by Gasteiger charge is -2.40. The molecule has 2 nitrogen and oxygen atoms in total. The van der Waals surface area contributed by atoms with Gasteiger partial charge in [0.25, 0.3) is 0 Å². The Hall–Kier alpha value is -2.44. The van der Waals surface area contributed by atoms with Crippen LogP contribution in [0.3, 0.4) is 0 Å². The van der Waals surface area contributed by atoms with Crippen molar-refractivity contribution >= 4 is 46.4 Å². The Morgan fingerprint density at radius 2 is 1.00 bits per heavy atom. The Bertz CT molecular complexity index is 1600. The van der Waals surface area contributed by atoms with E-state index in [9.17, 15) is 0 Å². The standard InChI is InChI=1S/C40H54N2P2S/c1-10-11-28-43(33-20-14-12-15-21-33,41-39-35(29(2)3)24-18-25-36(39)30(4)5)44(45,34-22-16-13-17-23-34)42-40-37(31(6)7)26-19-27-38(40)32(8)9/h12-27,29-32H,10-11,28H2,1-9H3,(H,42,45)/t43-,44+/m1/s1. The molecule has 0 aliphatic carbocycles. The highest BCUT2D eigenvalue weighted by Crippen LogP contribution is 2.82. The third-order valence-electron chi connectivity index (χ3n) is 8.81. The van der Waals surface area contributed by atoms with Crippen LogP contribution < -0.4 is 15.7 Å². The minimum Gasteiger partial charge on any atom is -0.349 e. The van der Waals surface area contributed by atoms with Gasteiger partial charge in [0.05, 0.1) is 12.4 Å². The molecule has 45 heavy (non-hydrogen) atoms. The summed E-state index contributed by atoms with van der Waals surface area (Å²) in [6, 6.07) is 35.7. The summed E-state index contributed by atoms with van der Waals surface area (Å²) in [7, 11) is 0. The van der Waals surface area contributed by atoms with E-state index in [-0.39, 0.29) is 0 Å². The fraction of sp³-hybridized carbons (Fsp3) is 0.400. The van der Waals surface area contributed by atoms with Crippen LogP contribution in [0.2, 0.25) is 0 Å². The molecule has 0 amide bonds. The smallest absolute Gasteiger partial charge is 0.103 e. The SMILES string of the molecule is CCCC[P@](=Nc1c(C(C)C)cccc1C(C)C)(c1ccccc1)[P@@](=S)(Nc1c(C(C)C)cccc1C(C)C)c1ccccc1. The van der Waals surface area contributed by atoms with Gasteiger partial charge in [0.1, 0.15) is 5.88 Å². The zero-order valence-electron chi connectivity index (χ0n) is 28.9. The van der Waals surface area contributed by atoms with E-state index in [1.165, 1.54) is 44.2 Å². The number of hydrogen-bond donors (Lipinski definition) is 1. The number of nitrogens with zero attached hydrogens (tertiary/aromatic N) is 1. The molecule has 4 rings (SSSR count). The maximum absolute atomic E-state index is 7.34. The first-order valence-electron chi connectivity index (χ1n) is 16.8. The fourth-order valence-electron chi connectivity index (χ4n) is 6.24. The van der Waals surface area contributed by atoms with E-state index in [1.54, 1.807) is 0 Å². The molecule has 0 spiro atoms. The molecule has 0 radical (unpaired) electrons. The Balaban J connectivity index is 2.27. The largest absolute Gasteiger partial charge is 0.349 e. The summed E-state index contributed by atoms with van der Waals surface area (Å²) < 4.78 is 6.23. The van der Waals surface area contributed by atoms with Crippen LogP contribution in [0, 0.1) is 0 Å². The summed E-state index contributed by atoms with van der Waals surface area (Å²) in [6.45, 7) is 18.2. The van der Waals surface area contributed by atoms with Crippen LogP contribution >= 0.6 is 12.6 Å². The lowest BCUT2D eigenvalue weighted by atomic mass is 9.93. The van der Waals surface area contributed by atoms with Gasteiger partial charge in [-0.1, -0.05) is 178 Å². The van der Waals surface area contributed by atoms with Crippen LogP contribution in [-0.2, 0) is 11.8 Å². The average Bonchev–Trinajstić information content (AvgIpc) is 3.03. The molecule has 0 heterocycles. The topological polar surface area (TPSA) is 24.4 Å². The van der Waals surface area contributed by atoms with Gasteiger partial charge in [-0.2, -0.15) is 0 Å². The van der Waals surface area contributed by atoms with Crippen LogP contribution in [0.15, 0.2) is 102 Å². The monoisotopic (exact) mass is 656 g/mol. The van der Waals surface area contributed by atoms with Crippen molar-refractivity contribution in [3.8, 4) is 0 Å². The number of rotatable bonds is 13. The normalized spacial score (nSPS) is 14.5. The molecule has 0 aromatic heterocycles. The highest BCUT2D eigenvalue weighted by Gasteiger charge is 2.41. The fourth-order valence-corrected chi connectivity index (χ4v) is 19.4. The van der Waals surface area contributed by atoms with Crippen molar-refractivity contribution < 1.29 is 0 Å². The maximum Gasteiger partial charge on any atom is 0.103 e. The molecule has 0 aliphatic heterocycles. The second-order valence-electron chi connectivity index (χ2n) is 13.5. The van der Waals surface area contributed by atoms with Crippen molar-refractivity contribution in [1.29, 1.82) is 0 Å². The van der Waals surface area contributed by atoms with Gasteiger partial charge < -0.3 is 5.09 Å². The van der Waals surface area contributed by atoms with E-state index in [0.717, 1.165) is 19.0 Å². The van der Waals surface area contributed by atoms with Crippen molar-refractivity contribution in [2.45, 2.75) is 98.8 Å². The third-order valence-corrected chi connectivity index (χ3v) is 22.5. The van der Waals surface area contributed by atoms with E-state index in [4.69, 9.17) is 16.6 Å². The average molecular weight is 657 g/mol. The van der Waals surface area contributed by atoms with Gasteiger partial charge in [0, 0.05) is 11.0 Å². The first kappa shape index (κ1) is 35.4. The number of benzene rings is 4. The Morgan fingerprint density at radius 1 is 0.578 bits per heavy atom. The summed E-state index contributed by atoms with van der Waals surface area (Å²) in [5, 5.41) is 6.84. The second kappa shape index (κ2) is 15.4. The van der Waals surface area contributed by atoms with Crippen LogP contribution in [0.1, 0.15) is 121 Å². The predicted octanol–water partition coefficient (Wildman–Crippen LogP) is 12.9. The van der Waals surface area contributed by atoms with Crippen molar-refractivity contribution in [2.24, 2.45) is 4.74 Å². The van der Waals surface area contributed by atoms with Crippen molar-refractivity contribution in [2.75, 3.05) is 11.2 Å². The van der Waals surface area contributed by atoms with Crippen LogP contribution in [0.4, 0.5) is 11.4 Å². The molecule has 0 unspecified atom stereocenters. The van der Waals surface area contributed by atoms with E-state index >= 15 is 0 Å². The minimum absolute atomic E-state index is 0.350. The summed E-state index contributed by atoms with van der Waals surface area (Å²) >= 11 is 7.34. The first-order valence-corrected chi connectivity index (χ1v) is 22.3. The Morgan fingerprint density at radius 3 is 1.42 bits per heavy atom. The highest BCUT2D eigenvalue weighted by molar-refractivity contribution is 8.60. The number of para-hydroxylation sites is 1. The van der Waals surface area contributed by atoms with Crippen molar-refractivity contribution in [3.63, 3.8) is 0 Å². The molecule has 0 saturated carbocycles. The van der Waals surface area contributed by atoms with Gasteiger partial charge in [0.2, 0.25) is 0 Å². The molecule has 1 N–H and O–H groups in total. The van der Waals surface area contributed by atoms with E-state index in [2.05, 4.69) is 164 Å². The predicted molar refractivity (Wildman–Crippen MR) is 208 cm³/mol. The molecule has 0 bridgehead atoms. The van der Waals surface area contributed by atoms with Crippen LogP contribution in [-0.4, -0.2) is 6.16 Å². The van der Waals surface area contributed by atoms with E-state index in [0.29, 0.717) is 23.7 Å². The lowest BCUT2D eigenvalue weighted by molar-refractivity contribution is 0.835. The zero-order chi connectivity index (χ0) is 32.8. The molecule has 5 heteroatoms. The molecule has 4 aromatic carbocycles. The molecule has 0 saturated heterocycles. The Labute approximate surface area is 279 Å². The highest BCUT2D eigenvalue weighted by atomic mass is 32.6. The van der Waals surface area contributed by atoms with Gasteiger partial charge in [-0.25, -0.2) is 0 Å². The molecule has 4 aromatic rings. The molecular formula is C40H54N2P2S. The first-order chi connectivity index (χ1) is 21.5. The van der Waals surface area contributed by atoms with E-state index < -0.39 is 12.6 Å². The summed E-state index contributed by atoms with van der Waals surface area (Å²) in [6.07, 6.45) is 3.14. The van der Waals surface area contributed by atoms with Crippen LogP contribution in [0.25, 0.3) is 0 Å². The number of unbranched alkanes of at least 4 members (excludes halogenated alkanes) is 1. The summed E-state index contributed by atoms with van der Waals surface area (Å²) in [5.74, 6) is -1.24. The Kier molecular flexibility index (Phi) is 12.1. The van der Waals surface area contributed by atoms with Gasteiger partial charge in [-0.3, -0.25) is 4.74 Å². The molecule has 0 fully saturated rings. The van der Waals surface area contributed by atoms with Gasteiger partial charge in [-0.05, 0) is 63.8 Å². The molecular weight excluding hydrogens is 602 g/mol. The van der Waals surface area contributed by atoms with Gasteiger partial charge >= 0.3 is 0 Å². The maximum atomic E-state index is 7.34. The second-order valence-corrected chi connectivity index (χ2v) is 24.2. The van der Waals surface area contributed by atoms with E-state index in [1.807, 2.05) is 0 Å². The number of nitrogens with one attached hydrogen (secondary N) is 1. The quantitative estimate of drug-likeness (QED) is 0.145. The van der Waals surface area contributed by atoms with Gasteiger partial charge in [-0.15, -0.1) is 0 Å². The molecule has 240 valence electrons. The summed E-state index contributed by atoms with van der Waals surface area (Å²) in [4.78, 5) is 0. The lowest BCUT2D eigenvalue weighted by Crippen LogP contribution is -2.21. The third kappa shape index (κ3) is 7.43. The minimum atomic E-state index is -2.66. The van der Waals surface area contributed by atoms with Gasteiger partial charge in [0.15, 0.2) is 0 Å². The zero-order valence-corrected chi connectivity index (χ0v) is 31.5. The molecule has 2 atom stereocenters. The number of hydrogen-bond acceptors (Lipinski definition) is 2.